The summed E-state index contributed by atoms with van der Waals surface area (Å²) in [6.45, 7) is 6.33. The zero-order valence-corrected chi connectivity index (χ0v) is 12.2. The molecule has 5 nitrogen and oxygen atoms in total. The number of carbonyl (C=O) groups excluding carboxylic acids is 1. The van der Waals surface area contributed by atoms with Crippen LogP contribution in [-0.2, 0) is 9.53 Å². The van der Waals surface area contributed by atoms with E-state index in [1.165, 1.54) is 0 Å². The maximum Gasteiger partial charge on any atom is 0.236 e. The minimum Gasteiger partial charge on any atom is -0.388 e. The zero-order chi connectivity index (χ0) is 14.1. The molecule has 0 aromatic heterocycles. The topological polar surface area (TPSA) is 70.6 Å². The molecule has 0 aromatic carbocycles. The van der Waals surface area contributed by atoms with Crippen molar-refractivity contribution in [2.75, 3.05) is 26.3 Å². The van der Waals surface area contributed by atoms with Gasteiger partial charge < -0.3 is 20.5 Å². The molecule has 0 saturated carbocycles. The van der Waals surface area contributed by atoms with Gasteiger partial charge in [0.15, 0.2) is 0 Å². The van der Waals surface area contributed by atoms with E-state index < -0.39 is 5.60 Å². The van der Waals surface area contributed by atoms with E-state index in [1.807, 2.05) is 6.92 Å². The second kappa shape index (κ2) is 8.51. The Morgan fingerprint density at radius 2 is 2.05 bits per heavy atom. The lowest BCUT2D eigenvalue weighted by Crippen LogP contribution is -2.51. The molecular formula is C14H28N2O3. The van der Waals surface area contributed by atoms with Crippen LogP contribution in [0.15, 0.2) is 0 Å². The van der Waals surface area contributed by atoms with E-state index in [2.05, 4.69) is 17.6 Å². The van der Waals surface area contributed by atoms with Crippen molar-refractivity contribution in [2.45, 2.75) is 57.6 Å². The van der Waals surface area contributed by atoms with Crippen LogP contribution in [0.25, 0.3) is 0 Å². The summed E-state index contributed by atoms with van der Waals surface area (Å²) >= 11 is 0. The average Bonchev–Trinajstić information content (AvgIpc) is 2.41. The van der Waals surface area contributed by atoms with Crippen LogP contribution >= 0.6 is 0 Å². The van der Waals surface area contributed by atoms with Crippen molar-refractivity contribution in [3.63, 3.8) is 0 Å². The lowest BCUT2D eigenvalue weighted by Gasteiger charge is -2.33. The van der Waals surface area contributed by atoms with Crippen molar-refractivity contribution in [1.82, 2.24) is 10.6 Å². The summed E-state index contributed by atoms with van der Waals surface area (Å²) < 4.78 is 5.23. The number of hydrogen-bond donors (Lipinski definition) is 3. The standard InChI is InChI=1S/C14H28N2O3/c1-3-4-5-8-15-13(17)12(2)16-11-14(18)6-9-19-10-7-14/h12,16,18H,3-11H2,1-2H3,(H,15,17). The molecule has 0 aromatic rings. The second-order valence-electron chi connectivity index (χ2n) is 5.44. The fourth-order valence-electron chi connectivity index (χ4n) is 2.10. The van der Waals surface area contributed by atoms with E-state index in [9.17, 15) is 9.90 Å². The van der Waals surface area contributed by atoms with E-state index in [0.717, 1.165) is 25.8 Å². The molecule has 0 radical (unpaired) electrons. The van der Waals surface area contributed by atoms with Crippen LogP contribution in [0.1, 0.15) is 46.0 Å². The van der Waals surface area contributed by atoms with Gasteiger partial charge in [-0.1, -0.05) is 19.8 Å². The van der Waals surface area contributed by atoms with Crippen molar-refractivity contribution in [3.8, 4) is 0 Å². The second-order valence-corrected chi connectivity index (χ2v) is 5.44. The van der Waals surface area contributed by atoms with Gasteiger partial charge in [-0.3, -0.25) is 4.79 Å². The third-order valence-electron chi connectivity index (χ3n) is 3.63. The Morgan fingerprint density at radius 3 is 2.68 bits per heavy atom. The largest absolute Gasteiger partial charge is 0.388 e. The van der Waals surface area contributed by atoms with Crippen molar-refractivity contribution in [2.24, 2.45) is 0 Å². The number of hydrogen-bond acceptors (Lipinski definition) is 4. The maximum atomic E-state index is 11.8. The Labute approximate surface area is 116 Å². The van der Waals surface area contributed by atoms with Gasteiger partial charge in [-0.2, -0.15) is 0 Å². The molecule has 1 unspecified atom stereocenters. The fraction of sp³-hybridized carbons (Fsp3) is 0.929. The molecule has 1 saturated heterocycles. The zero-order valence-electron chi connectivity index (χ0n) is 12.2. The molecule has 112 valence electrons. The van der Waals surface area contributed by atoms with Gasteiger partial charge in [0.25, 0.3) is 0 Å². The first-order valence-corrected chi connectivity index (χ1v) is 7.38. The number of unbranched alkanes of at least 4 members (excludes halogenated alkanes) is 2. The van der Waals surface area contributed by atoms with Crippen LogP contribution < -0.4 is 10.6 Å². The van der Waals surface area contributed by atoms with Crippen molar-refractivity contribution in [3.05, 3.63) is 0 Å². The summed E-state index contributed by atoms with van der Waals surface area (Å²) in [4.78, 5) is 11.8. The molecular weight excluding hydrogens is 244 g/mol. The lowest BCUT2D eigenvalue weighted by atomic mass is 9.94. The van der Waals surface area contributed by atoms with Crippen LogP contribution in [0.5, 0.6) is 0 Å². The molecule has 0 aliphatic carbocycles. The van der Waals surface area contributed by atoms with Gasteiger partial charge in [0, 0.05) is 39.1 Å². The van der Waals surface area contributed by atoms with Gasteiger partial charge in [0.1, 0.15) is 0 Å². The van der Waals surface area contributed by atoms with Crippen molar-refractivity contribution in [1.29, 1.82) is 0 Å². The normalized spacial score (nSPS) is 19.9. The molecule has 5 heteroatoms. The SMILES string of the molecule is CCCCCNC(=O)C(C)NCC1(O)CCOCC1. The number of nitrogens with one attached hydrogen (secondary N) is 2. The summed E-state index contributed by atoms with van der Waals surface area (Å²) in [6, 6.07) is -0.270. The molecule has 1 heterocycles. The summed E-state index contributed by atoms with van der Waals surface area (Å²) in [5.74, 6) is 0.00626. The van der Waals surface area contributed by atoms with E-state index in [-0.39, 0.29) is 11.9 Å². The highest BCUT2D eigenvalue weighted by molar-refractivity contribution is 5.81. The molecule has 1 aliphatic rings. The monoisotopic (exact) mass is 272 g/mol. The molecule has 1 atom stereocenters. The lowest BCUT2D eigenvalue weighted by molar-refractivity contribution is -0.123. The number of amides is 1. The number of rotatable bonds is 8. The van der Waals surface area contributed by atoms with Gasteiger partial charge >= 0.3 is 0 Å². The molecule has 1 amide bonds. The van der Waals surface area contributed by atoms with Gasteiger partial charge in [0.05, 0.1) is 11.6 Å². The Morgan fingerprint density at radius 1 is 1.37 bits per heavy atom. The third-order valence-corrected chi connectivity index (χ3v) is 3.63. The van der Waals surface area contributed by atoms with Crippen LogP contribution in [-0.4, -0.2) is 49.0 Å². The fourth-order valence-corrected chi connectivity index (χ4v) is 2.10. The number of aliphatic hydroxyl groups is 1. The summed E-state index contributed by atoms with van der Waals surface area (Å²) in [5.41, 5.74) is -0.727. The molecule has 0 bridgehead atoms. The summed E-state index contributed by atoms with van der Waals surface area (Å²) in [7, 11) is 0. The predicted octanol–water partition coefficient (Wildman–Crippen LogP) is 0.812. The van der Waals surface area contributed by atoms with Gasteiger partial charge in [-0.25, -0.2) is 0 Å². The maximum absolute atomic E-state index is 11.8. The summed E-state index contributed by atoms with van der Waals surface area (Å²) in [5, 5.41) is 16.3. The van der Waals surface area contributed by atoms with Crippen LogP contribution in [0.3, 0.4) is 0 Å². The average molecular weight is 272 g/mol. The van der Waals surface area contributed by atoms with Gasteiger partial charge in [-0.05, 0) is 13.3 Å². The highest BCUT2D eigenvalue weighted by Gasteiger charge is 2.30. The van der Waals surface area contributed by atoms with E-state index in [4.69, 9.17) is 4.74 Å². The first-order valence-electron chi connectivity index (χ1n) is 7.38. The molecule has 0 spiro atoms. The van der Waals surface area contributed by atoms with Crippen molar-refractivity contribution >= 4 is 5.91 Å². The summed E-state index contributed by atoms with van der Waals surface area (Å²) in [6.07, 6.45) is 4.58. The highest BCUT2D eigenvalue weighted by Crippen LogP contribution is 2.19. The van der Waals surface area contributed by atoms with Gasteiger partial charge in [0.2, 0.25) is 5.91 Å². The van der Waals surface area contributed by atoms with Gasteiger partial charge in [-0.15, -0.1) is 0 Å². The molecule has 19 heavy (non-hydrogen) atoms. The smallest absolute Gasteiger partial charge is 0.236 e. The molecule has 1 fully saturated rings. The Hall–Kier alpha value is -0.650. The minimum absolute atomic E-state index is 0.00626. The van der Waals surface area contributed by atoms with E-state index >= 15 is 0 Å². The predicted molar refractivity (Wildman–Crippen MR) is 75.0 cm³/mol. The quantitative estimate of drug-likeness (QED) is 0.572. The van der Waals surface area contributed by atoms with Crippen LogP contribution in [0.2, 0.25) is 0 Å². The van der Waals surface area contributed by atoms with Crippen LogP contribution in [0.4, 0.5) is 0 Å². The Kier molecular flexibility index (Phi) is 7.34. The first kappa shape index (κ1) is 16.4. The minimum atomic E-state index is -0.727. The van der Waals surface area contributed by atoms with Crippen molar-refractivity contribution < 1.29 is 14.6 Å². The Bertz CT molecular complexity index is 265. The van der Waals surface area contributed by atoms with E-state index in [1.54, 1.807) is 0 Å². The third kappa shape index (κ3) is 6.36. The number of ether oxygens (including phenoxy) is 1. The Balaban J connectivity index is 2.18. The van der Waals surface area contributed by atoms with E-state index in [0.29, 0.717) is 32.6 Å². The first-order chi connectivity index (χ1) is 9.07. The molecule has 3 N–H and O–H groups in total. The molecule has 1 rings (SSSR count). The number of carbonyl (C=O) groups is 1. The van der Waals surface area contributed by atoms with Crippen LogP contribution in [0, 0.1) is 0 Å². The molecule has 1 aliphatic heterocycles. The highest BCUT2D eigenvalue weighted by atomic mass is 16.5.